The Morgan fingerprint density at radius 1 is 0.290 bits per heavy atom. The van der Waals surface area contributed by atoms with Gasteiger partial charge in [0.1, 0.15) is 0 Å². The van der Waals surface area contributed by atoms with Crippen LogP contribution in [0.3, 0.4) is 0 Å². The summed E-state index contributed by atoms with van der Waals surface area (Å²) in [7, 11) is 0. The molecule has 5 heteroatoms. The third-order valence-electron chi connectivity index (χ3n) is 12.0. The number of nitrogens with zero attached hydrogens (tertiary/aromatic N) is 5. The van der Waals surface area contributed by atoms with Gasteiger partial charge in [0.25, 0.3) is 0 Å². The first-order valence-electron chi connectivity index (χ1n) is 21.0. The smallest absolute Gasteiger partial charge is 0.238 e. The van der Waals surface area contributed by atoms with Crippen molar-refractivity contribution in [2.75, 3.05) is 0 Å². The van der Waals surface area contributed by atoms with Gasteiger partial charge in [-0.3, -0.25) is 4.57 Å². The molecular formula is C57H37N5. The molecule has 3 aromatic heterocycles. The second kappa shape index (κ2) is 14.7. The minimum absolute atomic E-state index is 0.550. The summed E-state index contributed by atoms with van der Waals surface area (Å²) in [5.41, 5.74) is 14.1. The van der Waals surface area contributed by atoms with E-state index in [2.05, 4.69) is 221 Å². The van der Waals surface area contributed by atoms with Crippen molar-refractivity contribution in [1.82, 2.24) is 24.1 Å². The molecule has 9 aromatic carbocycles. The molecule has 0 bridgehead atoms. The highest BCUT2D eigenvalue weighted by Crippen LogP contribution is 2.46. The highest BCUT2D eigenvalue weighted by Gasteiger charge is 2.26. The summed E-state index contributed by atoms with van der Waals surface area (Å²) in [6.45, 7) is 0. The van der Waals surface area contributed by atoms with Gasteiger partial charge in [-0.15, -0.1) is 0 Å². The molecule has 290 valence electrons. The van der Waals surface area contributed by atoms with Crippen molar-refractivity contribution in [2.24, 2.45) is 0 Å². The highest BCUT2D eigenvalue weighted by atomic mass is 15.2. The summed E-state index contributed by atoms with van der Waals surface area (Å²) in [5.74, 6) is 1.75. The molecule has 0 radical (unpaired) electrons. The Hall–Kier alpha value is -8.41. The van der Waals surface area contributed by atoms with Crippen molar-refractivity contribution in [3.05, 3.63) is 224 Å². The van der Waals surface area contributed by atoms with E-state index >= 15 is 0 Å². The SMILES string of the molecule is c1ccc(-c2ccc(-c3nc(-c4ccc(-c5ccccc5)cc4)nc(-n4c5ccccc5c5cc(-c6ccccc6)c6c7ccccc7n(-c7ccccc7)c6c54)n3)cc2)cc1. The zero-order valence-corrected chi connectivity index (χ0v) is 33.6. The number of hydrogen-bond donors (Lipinski definition) is 0. The first-order chi connectivity index (χ1) is 30.8. The minimum atomic E-state index is 0.550. The van der Waals surface area contributed by atoms with E-state index in [-0.39, 0.29) is 0 Å². The third-order valence-corrected chi connectivity index (χ3v) is 12.0. The number of para-hydroxylation sites is 3. The van der Waals surface area contributed by atoms with Crippen LogP contribution in [0.1, 0.15) is 0 Å². The fraction of sp³-hybridized carbons (Fsp3) is 0. The van der Waals surface area contributed by atoms with E-state index in [1.165, 1.54) is 16.3 Å². The second-order valence-electron chi connectivity index (χ2n) is 15.6. The van der Waals surface area contributed by atoms with Gasteiger partial charge >= 0.3 is 0 Å². The fourth-order valence-corrected chi connectivity index (χ4v) is 9.10. The van der Waals surface area contributed by atoms with Crippen molar-refractivity contribution < 1.29 is 0 Å². The molecule has 0 amide bonds. The molecule has 0 saturated heterocycles. The van der Waals surface area contributed by atoms with Crippen molar-refractivity contribution in [1.29, 1.82) is 0 Å². The molecular weight excluding hydrogens is 755 g/mol. The molecule has 12 rings (SSSR count). The predicted octanol–water partition coefficient (Wildman–Crippen LogP) is 14.4. The number of fused-ring (bicyclic) bond motifs is 7. The van der Waals surface area contributed by atoms with E-state index in [9.17, 15) is 0 Å². The van der Waals surface area contributed by atoms with Gasteiger partial charge in [-0.25, -0.2) is 4.98 Å². The normalized spacial score (nSPS) is 11.5. The van der Waals surface area contributed by atoms with Crippen LogP contribution in [0.2, 0.25) is 0 Å². The lowest BCUT2D eigenvalue weighted by atomic mass is 9.96. The topological polar surface area (TPSA) is 48.5 Å². The lowest BCUT2D eigenvalue weighted by molar-refractivity contribution is 0.953. The van der Waals surface area contributed by atoms with Crippen molar-refractivity contribution in [3.63, 3.8) is 0 Å². The summed E-state index contributed by atoms with van der Waals surface area (Å²) < 4.78 is 4.69. The van der Waals surface area contributed by atoms with Crippen LogP contribution < -0.4 is 0 Å². The molecule has 3 heterocycles. The van der Waals surface area contributed by atoms with E-state index in [0.29, 0.717) is 17.6 Å². The molecule has 0 atom stereocenters. The van der Waals surface area contributed by atoms with Crippen molar-refractivity contribution >= 4 is 43.6 Å². The maximum absolute atomic E-state index is 5.41. The monoisotopic (exact) mass is 791 g/mol. The van der Waals surface area contributed by atoms with Crippen LogP contribution in [0.15, 0.2) is 224 Å². The molecule has 0 fully saturated rings. The molecule has 0 aliphatic heterocycles. The van der Waals surface area contributed by atoms with Gasteiger partial charge < -0.3 is 4.57 Å². The highest BCUT2D eigenvalue weighted by molar-refractivity contribution is 6.28. The average Bonchev–Trinajstić information content (AvgIpc) is 3.88. The summed E-state index contributed by atoms with van der Waals surface area (Å²) in [5, 5.41) is 4.59. The van der Waals surface area contributed by atoms with E-state index in [1.54, 1.807) is 0 Å². The lowest BCUT2D eigenvalue weighted by Crippen LogP contribution is -2.07. The molecule has 0 aliphatic rings. The molecule has 62 heavy (non-hydrogen) atoms. The fourth-order valence-electron chi connectivity index (χ4n) is 9.10. The number of hydrogen-bond acceptors (Lipinski definition) is 3. The molecule has 12 aromatic rings. The van der Waals surface area contributed by atoms with Crippen LogP contribution in [0, 0.1) is 0 Å². The van der Waals surface area contributed by atoms with Crippen LogP contribution in [0.5, 0.6) is 0 Å². The summed E-state index contributed by atoms with van der Waals surface area (Å²) in [6, 6.07) is 79.2. The molecule has 0 N–H and O–H groups in total. The van der Waals surface area contributed by atoms with Gasteiger partial charge in [0.15, 0.2) is 11.6 Å². The van der Waals surface area contributed by atoms with Gasteiger partial charge in [-0.2, -0.15) is 9.97 Å². The molecule has 0 aliphatic carbocycles. The first kappa shape index (κ1) is 35.5. The molecule has 0 unspecified atom stereocenters. The minimum Gasteiger partial charge on any atom is -0.307 e. The van der Waals surface area contributed by atoms with Gasteiger partial charge in [-0.05, 0) is 63.7 Å². The number of rotatable bonds is 7. The average molecular weight is 792 g/mol. The molecule has 5 nitrogen and oxygen atoms in total. The Bertz CT molecular complexity index is 3470. The van der Waals surface area contributed by atoms with E-state index in [1.807, 2.05) is 12.1 Å². The number of benzene rings is 9. The summed E-state index contributed by atoms with van der Waals surface area (Å²) in [4.78, 5) is 16.1. The van der Waals surface area contributed by atoms with Gasteiger partial charge in [0, 0.05) is 38.4 Å². The van der Waals surface area contributed by atoms with Crippen LogP contribution in [0.4, 0.5) is 0 Å². The largest absolute Gasteiger partial charge is 0.307 e. The first-order valence-corrected chi connectivity index (χ1v) is 21.0. The maximum Gasteiger partial charge on any atom is 0.238 e. The van der Waals surface area contributed by atoms with Crippen LogP contribution in [-0.4, -0.2) is 24.1 Å². The Balaban J connectivity index is 1.18. The lowest BCUT2D eigenvalue weighted by Gasteiger charge is -2.14. The Kier molecular flexibility index (Phi) is 8.42. The number of aromatic nitrogens is 5. The van der Waals surface area contributed by atoms with E-state index < -0.39 is 0 Å². The predicted molar refractivity (Wildman–Crippen MR) is 256 cm³/mol. The summed E-state index contributed by atoms with van der Waals surface area (Å²) in [6.07, 6.45) is 0. The van der Waals surface area contributed by atoms with Crippen LogP contribution in [-0.2, 0) is 0 Å². The van der Waals surface area contributed by atoms with Crippen LogP contribution in [0.25, 0.3) is 111 Å². The Labute approximate surface area is 358 Å². The van der Waals surface area contributed by atoms with Gasteiger partial charge in [0.05, 0.1) is 22.1 Å². The Morgan fingerprint density at radius 3 is 1.26 bits per heavy atom. The third kappa shape index (κ3) is 5.90. The quantitative estimate of drug-likeness (QED) is 0.162. The van der Waals surface area contributed by atoms with Gasteiger partial charge in [-0.1, -0.05) is 194 Å². The van der Waals surface area contributed by atoms with Gasteiger partial charge in [0.2, 0.25) is 5.95 Å². The second-order valence-corrected chi connectivity index (χ2v) is 15.6. The van der Waals surface area contributed by atoms with E-state index in [4.69, 9.17) is 15.0 Å². The van der Waals surface area contributed by atoms with Crippen LogP contribution >= 0.6 is 0 Å². The zero-order chi connectivity index (χ0) is 41.0. The zero-order valence-electron chi connectivity index (χ0n) is 33.6. The Morgan fingerprint density at radius 2 is 0.710 bits per heavy atom. The molecule has 0 saturated carbocycles. The van der Waals surface area contributed by atoms with Crippen molar-refractivity contribution in [2.45, 2.75) is 0 Å². The molecule has 0 spiro atoms. The van der Waals surface area contributed by atoms with Crippen molar-refractivity contribution in [3.8, 4) is 67.8 Å². The van der Waals surface area contributed by atoms with E-state index in [0.717, 1.165) is 77.5 Å². The standard InChI is InChI=1S/C57H37N5/c1-5-17-38(18-6-1)40-29-33-43(34-30-40)55-58-56(44-35-31-41(32-36-44)39-19-7-2-8-20-39)60-57(59-55)62-50-27-15-13-25-46(50)49-37-48(42-21-9-3-10-22-42)52-47-26-14-16-28-51(47)61(54(52)53(49)62)45-23-11-4-12-24-45/h1-37H. The summed E-state index contributed by atoms with van der Waals surface area (Å²) >= 11 is 0. The maximum atomic E-state index is 5.41.